The molecule has 9 aromatic rings. The van der Waals surface area contributed by atoms with Gasteiger partial charge in [-0.1, -0.05) is 153 Å². The number of aromatic carboxylic acids is 1. The number of carboxylic acids is 2. The van der Waals surface area contributed by atoms with Crippen molar-refractivity contribution < 1.29 is 132 Å². The van der Waals surface area contributed by atoms with Gasteiger partial charge in [-0.15, -0.1) is 29.4 Å². The van der Waals surface area contributed by atoms with E-state index in [0.29, 0.717) is 46.9 Å². The number of pyridine rings is 5. The number of halogens is 11. The first kappa shape index (κ1) is 108. The van der Waals surface area contributed by atoms with Gasteiger partial charge in [0.25, 0.3) is 0 Å². The number of aromatic nitrogens is 5. The second-order valence-corrected chi connectivity index (χ2v) is 25.1. The van der Waals surface area contributed by atoms with Gasteiger partial charge >= 0.3 is 72.5 Å². The smallest absolute Gasteiger partial charge is 0.857 e. The molecule has 0 fully saturated rings. The van der Waals surface area contributed by atoms with E-state index in [4.69, 9.17) is 140 Å². The number of esters is 4. The average molecular weight is 1850 g/mol. The van der Waals surface area contributed by atoms with Gasteiger partial charge in [0.15, 0.2) is 28.8 Å². The van der Waals surface area contributed by atoms with Crippen LogP contribution < -0.4 is 50.6 Å². The molecule has 0 amide bonds. The van der Waals surface area contributed by atoms with Crippen LogP contribution in [0.2, 0.25) is 45.2 Å². The Hall–Kier alpha value is -7.99. The topological polar surface area (TPSA) is 432 Å². The number of ketones is 4. The number of nitrogens with zero attached hydrogens (tertiary/aromatic N) is 5. The maximum atomic E-state index is 12.2. The largest absolute Gasteiger partial charge is 1.00 e. The van der Waals surface area contributed by atoms with E-state index >= 15 is 0 Å². The summed E-state index contributed by atoms with van der Waals surface area (Å²) < 4.78 is 22.8. The fourth-order valence-electron chi connectivity index (χ4n) is 8.19. The van der Waals surface area contributed by atoms with Gasteiger partial charge in [0.2, 0.25) is 0 Å². The van der Waals surface area contributed by atoms with Crippen molar-refractivity contribution in [2.45, 2.75) is 51.4 Å². The van der Waals surface area contributed by atoms with Gasteiger partial charge in [-0.05, 0) is 101 Å². The maximum Gasteiger partial charge on any atom is 1.00 e. The molecular formula is C74H71BBrCl10N6NaO21. The molecule has 0 aliphatic rings. The van der Waals surface area contributed by atoms with Crippen LogP contribution >= 0.6 is 134 Å². The van der Waals surface area contributed by atoms with Crippen LogP contribution in [0.5, 0.6) is 11.5 Å². The number of carbonyl (C=O) groups excluding carboxylic acids is 8. The number of rotatable bonds is 23. The molecule has 4 aromatic carbocycles. The monoisotopic (exact) mass is 1840 g/mol. The zero-order chi connectivity index (χ0) is 83.4. The fourth-order valence-corrected chi connectivity index (χ4v) is 10.2. The number of hydrogen-bond acceptors (Lipinski definition) is 25. The summed E-state index contributed by atoms with van der Waals surface area (Å²) in [6, 6.07) is 35.5. The van der Waals surface area contributed by atoms with Crippen LogP contribution in [0.1, 0.15) is 104 Å². The molecule has 0 atom stereocenters. The summed E-state index contributed by atoms with van der Waals surface area (Å²) >= 11 is 51.9. The number of Topliss-reactive ketones (excluding diaryl/α,β-unsaturated/α-hetero) is 4. The summed E-state index contributed by atoms with van der Waals surface area (Å²) in [5, 5.41) is 55.9. The van der Waals surface area contributed by atoms with Gasteiger partial charge in [-0.3, -0.25) is 53.1 Å². The molecule has 7 N–H and O–H groups in total. The first-order chi connectivity index (χ1) is 52.7. The summed E-state index contributed by atoms with van der Waals surface area (Å²) in [5.41, 5.74) is 10.0. The molecule has 0 aliphatic carbocycles. The normalized spacial score (nSPS) is 9.57. The van der Waals surface area contributed by atoms with Crippen molar-refractivity contribution in [1.29, 1.82) is 0 Å². The van der Waals surface area contributed by atoms with E-state index in [-0.39, 0.29) is 189 Å². The molecule has 0 bridgehead atoms. The summed E-state index contributed by atoms with van der Waals surface area (Å²) in [4.78, 5) is 131. The Morgan fingerprint density at radius 3 is 1.04 bits per heavy atom. The van der Waals surface area contributed by atoms with Crippen LogP contribution in [0.25, 0.3) is 33.4 Å². The number of aromatic hydroxyl groups is 1. The molecule has 0 saturated heterocycles. The van der Waals surface area contributed by atoms with Gasteiger partial charge in [0, 0.05) is 93.4 Å². The summed E-state index contributed by atoms with van der Waals surface area (Å²) in [5.74, 6) is -5.25. The van der Waals surface area contributed by atoms with Crippen LogP contribution in [0, 0.1) is 0 Å². The molecule has 604 valence electrons. The minimum absolute atomic E-state index is 0. The molecule has 0 unspecified atom stereocenters. The van der Waals surface area contributed by atoms with E-state index in [2.05, 4.69) is 43.9 Å². The minimum atomic E-state index is -1.43. The third-order valence-electron chi connectivity index (χ3n) is 13.6. The number of carbonyl (C=O) groups is 10. The molecule has 5 aromatic heterocycles. The minimum Gasteiger partial charge on any atom is -0.857 e. The molecule has 9 rings (SSSR count). The Labute approximate surface area is 738 Å². The molecule has 0 radical (unpaired) electrons. The van der Waals surface area contributed by atoms with E-state index in [9.17, 15) is 53.1 Å². The summed E-state index contributed by atoms with van der Waals surface area (Å²) in [7, 11) is 5.91. The van der Waals surface area contributed by atoms with Crippen molar-refractivity contribution >= 4 is 205 Å². The number of nitrogens with two attached hydrogens (primary N) is 1. The summed E-state index contributed by atoms with van der Waals surface area (Å²) in [6.07, 6.45) is 6.72. The number of benzene rings is 4. The van der Waals surface area contributed by atoms with Crippen molar-refractivity contribution in [3.8, 4) is 44.9 Å². The van der Waals surface area contributed by atoms with E-state index in [1.165, 1.54) is 78.4 Å². The molecular weight excluding hydrogens is 1780 g/mol. The van der Waals surface area contributed by atoms with Gasteiger partial charge in [0.05, 0.1) is 92.9 Å². The molecule has 0 saturated carbocycles. The fraction of sp³-hybridized carbons (Fsp3) is 0.203. The zero-order valence-electron chi connectivity index (χ0n) is 61.3. The quantitative estimate of drug-likeness (QED) is 0.0150. The molecule has 114 heavy (non-hydrogen) atoms. The van der Waals surface area contributed by atoms with Gasteiger partial charge in [-0.2, -0.15) is 7.11 Å². The number of hydrogen-bond donors (Lipinski definition) is 6. The zero-order valence-corrected chi connectivity index (χ0v) is 72.6. The summed E-state index contributed by atoms with van der Waals surface area (Å²) in [6.45, 7) is -0.0312. The van der Waals surface area contributed by atoms with E-state index in [1.54, 1.807) is 91.3 Å². The number of methoxy groups -OCH3 is 5. The Balaban J connectivity index is 0. The predicted octanol–water partition coefficient (Wildman–Crippen LogP) is 11.6. The van der Waals surface area contributed by atoms with Crippen LogP contribution in [-0.4, -0.2) is 166 Å². The Morgan fingerprint density at radius 2 is 0.719 bits per heavy atom. The van der Waals surface area contributed by atoms with Crippen molar-refractivity contribution in [1.82, 2.24) is 24.9 Å². The second-order valence-electron chi connectivity index (χ2n) is 21.2. The van der Waals surface area contributed by atoms with Gasteiger partial charge in [0.1, 0.15) is 34.3 Å². The first-order valence-electron chi connectivity index (χ1n) is 31.6. The molecule has 27 nitrogen and oxygen atoms in total. The average Bonchev–Trinajstić information content (AvgIpc) is 0.920. The number of aliphatic carboxylic acids is 1. The Morgan fingerprint density at radius 1 is 0.395 bits per heavy atom. The van der Waals surface area contributed by atoms with Crippen LogP contribution in [0.4, 0.5) is 0 Å². The first-order valence-corrected chi connectivity index (χ1v) is 35.0. The van der Waals surface area contributed by atoms with Crippen LogP contribution in [-0.2, 0) is 42.9 Å². The molecule has 0 spiro atoms. The van der Waals surface area contributed by atoms with Crippen LogP contribution in [0.15, 0.2) is 158 Å². The van der Waals surface area contributed by atoms with E-state index < -0.39 is 42.7 Å². The SMILES string of the molecule is Br.COC(=O)CCC(=O)c1ncc(-c2cccc(Cl)c2)cc1Cl.COC(=O)CCC(=O)c1ncc(-c2cccc(Cl)c2)cc1OC.COC(=O)CCC(=O)c1ncc(Cl)cc1Cl.COC(=O)CN.C[O-].Cl.O=C(O)CCC(=O)c1ncc(-c2cccc(Cl)c2)cc1O.O=C(O)c1ncc(Cl)cc1Cl.OB(O)c1cccc(Cl)c1.[Na+]. The third kappa shape index (κ3) is 40.5. The standard InChI is InChI=1S/C17H16ClNO4.C16H13Cl2NO3.C15H12ClNO4.C10H9Cl2NO3.C6H6BClO2.C6H3Cl2NO2.C3H7NO2.CH3O.BrH.ClH.Na/c1-22-15-9-12(11-4-3-5-13(18)8-11)10-19-17(15)14(20)6-7-16(21)23-2;1-22-15(21)6-5-14(20)16-13(18)8-11(9-19-16)10-3-2-4-12(17)7-10;16-11-3-1-2-9(6-11)10-7-13(19)15(17-8-10)12(18)4-5-14(20)21;1-16-9(15)3-2-8(14)10-7(12)4-6(11)5-13-10;8-6-3-1-2-5(4-6)7(9)10;7-3-1-4(8)5(6(10)11)9-2-3;1-6-3(5)2-4;1-2;;;/h3-5,8-10H,6-7H2,1-2H3;2-4,7-9H,5-6H2,1H3;1-3,6-8,19H,4-5H2,(H,20,21);4-5H,2-3H2,1H3;1-4,9-10H;1-2H,(H,10,11);2,4H2,1H3;1H3;2*1H;/q;;;;;;;-1;;;+1. The van der Waals surface area contributed by atoms with E-state index in [0.717, 1.165) is 34.9 Å². The second kappa shape index (κ2) is 58.8. The Kier molecular flexibility index (Phi) is 55.7. The molecule has 0 aliphatic heterocycles. The number of carboxylic acid groups (broad SMARTS) is 2. The van der Waals surface area contributed by atoms with Crippen molar-refractivity contribution in [3.63, 3.8) is 0 Å². The third-order valence-corrected chi connectivity index (χ3v) is 15.8. The molecule has 40 heteroatoms. The van der Waals surface area contributed by atoms with Gasteiger partial charge < -0.3 is 59.9 Å². The van der Waals surface area contributed by atoms with Crippen LogP contribution in [0.3, 0.4) is 0 Å². The predicted molar refractivity (Wildman–Crippen MR) is 437 cm³/mol. The van der Waals surface area contributed by atoms with Crippen molar-refractivity contribution in [2.24, 2.45) is 5.73 Å². The number of ether oxygens (including phenoxy) is 5. The van der Waals surface area contributed by atoms with E-state index in [1.807, 2.05) is 24.3 Å². The Bertz CT molecular complexity index is 4680. The van der Waals surface area contributed by atoms with Gasteiger partial charge in [-0.25, -0.2) is 19.7 Å². The maximum absolute atomic E-state index is 12.2. The molecule has 5 heterocycles. The van der Waals surface area contributed by atoms with Crippen molar-refractivity contribution in [2.75, 3.05) is 49.2 Å². The van der Waals surface area contributed by atoms with Crippen molar-refractivity contribution in [3.05, 3.63) is 232 Å².